The minimum atomic E-state index is -1.15. The molecule has 2 aliphatic carbocycles. The molecule has 2 aromatic carbocycles. The van der Waals surface area contributed by atoms with E-state index in [2.05, 4.69) is 51.6 Å². The Bertz CT molecular complexity index is 2250. The van der Waals surface area contributed by atoms with Gasteiger partial charge in [0.1, 0.15) is 30.0 Å². The summed E-state index contributed by atoms with van der Waals surface area (Å²) in [6.45, 7) is 8.05. The second-order valence-electron chi connectivity index (χ2n) is 14.9. The largest absolute Gasteiger partial charge is 0.494 e. The van der Waals surface area contributed by atoms with Crippen LogP contribution in [0.3, 0.4) is 0 Å². The Balaban J connectivity index is 1.25. The number of primary amides is 1. The van der Waals surface area contributed by atoms with E-state index in [1.807, 2.05) is 19.1 Å². The molecule has 0 aliphatic heterocycles. The number of carbonyl (C=O) groups is 6. The summed E-state index contributed by atoms with van der Waals surface area (Å²) in [6, 6.07) is 10.6. The van der Waals surface area contributed by atoms with Gasteiger partial charge in [0.2, 0.25) is 11.8 Å². The van der Waals surface area contributed by atoms with E-state index in [4.69, 9.17) is 21.6 Å². The van der Waals surface area contributed by atoms with Crippen LogP contribution in [0.2, 0.25) is 0 Å². The van der Waals surface area contributed by atoms with Crippen molar-refractivity contribution in [3.05, 3.63) is 100.0 Å². The van der Waals surface area contributed by atoms with E-state index >= 15 is 0 Å². The molecule has 15 heteroatoms. The lowest BCUT2D eigenvalue weighted by molar-refractivity contribution is -0.119. The molecular formula is C46H56N8O7. The molecule has 9 N–H and O–H groups in total. The van der Waals surface area contributed by atoms with Gasteiger partial charge in [-0.05, 0) is 62.8 Å². The summed E-state index contributed by atoms with van der Waals surface area (Å²) >= 11 is 0. The first-order valence-corrected chi connectivity index (χ1v) is 20.3. The fraction of sp³-hybridized carbons (Fsp3) is 0.370. The first kappa shape index (κ1) is 46.8. The van der Waals surface area contributed by atoms with Crippen molar-refractivity contribution in [3.63, 3.8) is 0 Å². The van der Waals surface area contributed by atoms with Gasteiger partial charge in [-0.2, -0.15) is 0 Å². The van der Waals surface area contributed by atoms with Crippen LogP contribution in [0.1, 0.15) is 97.9 Å². The van der Waals surface area contributed by atoms with Gasteiger partial charge in [0, 0.05) is 55.2 Å². The Morgan fingerprint density at radius 3 is 2.33 bits per heavy atom. The Morgan fingerprint density at radius 2 is 1.69 bits per heavy atom. The molecule has 0 saturated heterocycles. The maximum Gasteiger partial charge on any atom is 0.260 e. The zero-order chi connectivity index (χ0) is 44.6. The van der Waals surface area contributed by atoms with Crippen molar-refractivity contribution >= 4 is 64.2 Å². The van der Waals surface area contributed by atoms with Gasteiger partial charge >= 0.3 is 0 Å². The van der Waals surface area contributed by atoms with Crippen molar-refractivity contribution in [3.8, 4) is 5.75 Å². The van der Waals surface area contributed by atoms with Crippen molar-refractivity contribution in [2.75, 3.05) is 37.9 Å². The lowest BCUT2D eigenvalue weighted by Gasteiger charge is -2.19. The number of fused-ring (bicyclic) bond motifs is 1. The van der Waals surface area contributed by atoms with Crippen LogP contribution < -0.4 is 37.5 Å². The number of ether oxygens (including phenoxy) is 1. The van der Waals surface area contributed by atoms with Gasteiger partial charge in [0.15, 0.2) is 11.6 Å². The van der Waals surface area contributed by atoms with Gasteiger partial charge in [-0.3, -0.25) is 34.4 Å². The number of hydrogen-bond donors (Lipinski definition) is 7. The minimum Gasteiger partial charge on any atom is -0.494 e. The molecule has 15 nitrogen and oxygen atoms in total. The number of carbonyl (C=O) groups excluding carboxylic acids is 6. The minimum absolute atomic E-state index is 0.0206. The number of ketones is 2. The summed E-state index contributed by atoms with van der Waals surface area (Å²) in [6.07, 6.45) is 9.50. The number of Topliss-reactive ketones (excluding diaryl/α,β-unsaturated/α-hetero) is 2. The highest BCUT2D eigenvalue weighted by atomic mass is 16.5. The number of nitrogens with zero attached hydrogens (tertiary/aromatic N) is 1. The second kappa shape index (κ2) is 22.5. The average Bonchev–Trinajstić information content (AvgIpc) is 3.70. The molecule has 61 heavy (non-hydrogen) atoms. The number of benzene rings is 2. The quantitative estimate of drug-likeness (QED) is 0.0108. The van der Waals surface area contributed by atoms with E-state index in [0.717, 1.165) is 55.2 Å². The Labute approximate surface area is 356 Å². The Morgan fingerprint density at radius 1 is 1.00 bits per heavy atom. The molecule has 0 bridgehead atoms. The summed E-state index contributed by atoms with van der Waals surface area (Å²) in [5, 5.41) is 20.0. The van der Waals surface area contributed by atoms with Crippen molar-refractivity contribution in [1.29, 1.82) is 5.41 Å². The van der Waals surface area contributed by atoms with E-state index < -0.39 is 41.1 Å². The zero-order valence-electron chi connectivity index (χ0n) is 35.3. The maximum absolute atomic E-state index is 13.3. The van der Waals surface area contributed by atoms with E-state index in [1.54, 1.807) is 31.4 Å². The number of allylic oxidation sites excluding steroid dienone is 4. The standard InChI is InChI=1S/C46H56N8O7/c1-6-30(46(60)50-4)35(53-34-17-13-15-32(45(34)61-5)40-27(2)19-20-28(40)3)24-37(48)54-39(57)25-52-36(47)18-10-8-7-9-11-23-51-33-16-12-14-31-42(33)44(59)41(43(31)58)29(26-55)21-22-38(49)56/h12-17,19,24,26,29,41,51,53H,1,7-11,18,20-23,25H2,2-5H3,(H2,47,52)(H2,49,56)(H,50,60)(H2,48,54,57)/b35-24+. The van der Waals surface area contributed by atoms with Crippen LogP contribution in [-0.2, 0) is 19.2 Å². The normalized spacial score (nSPS) is 15.3. The van der Waals surface area contributed by atoms with E-state index in [1.165, 1.54) is 18.7 Å². The summed E-state index contributed by atoms with van der Waals surface area (Å²) in [7, 11) is 3.02. The number of unbranched alkanes of at least 4 members (excludes halogenated alkanes) is 4. The molecular weight excluding hydrogens is 777 g/mol. The number of amidine groups is 2. The number of anilines is 2. The van der Waals surface area contributed by atoms with Gasteiger partial charge in [-0.25, -0.2) is 0 Å². The van der Waals surface area contributed by atoms with Gasteiger partial charge in [0.05, 0.1) is 35.8 Å². The number of amides is 3. The zero-order valence-corrected chi connectivity index (χ0v) is 35.3. The lowest BCUT2D eigenvalue weighted by Crippen LogP contribution is -2.32. The summed E-state index contributed by atoms with van der Waals surface area (Å²) in [4.78, 5) is 79.1. The van der Waals surface area contributed by atoms with Crippen LogP contribution >= 0.6 is 0 Å². The van der Waals surface area contributed by atoms with Crippen LogP contribution in [0.4, 0.5) is 11.4 Å². The first-order valence-electron chi connectivity index (χ1n) is 20.3. The van der Waals surface area contributed by atoms with Gasteiger partial charge in [-0.15, -0.1) is 5.73 Å². The molecule has 2 unspecified atom stereocenters. The molecule has 0 fully saturated rings. The Kier molecular flexibility index (Phi) is 17.3. The number of likely N-dealkylation sites (N-methyl/N-ethyl adjacent to an activating group) is 1. The van der Waals surface area contributed by atoms with Gasteiger partial charge in [0.25, 0.3) is 5.91 Å². The summed E-state index contributed by atoms with van der Waals surface area (Å²) < 4.78 is 5.84. The average molecular weight is 833 g/mol. The maximum atomic E-state index is 13.3. The van der Waals surface area contributed by atoms with Crippen LogP contribution in [0.25, 0.3) is 5.57 Å². The molecule has 0 spiro atoms. The highest BCUT2D eigenvalue weighted by Gasteiger charge is 2.44. The van der Waals surface area contributed by atoms with Crippen molar-refractivity contribution < 1.29 is 33.5 Å². The molecule has 0 radical (unpaired) electrons. The van der Waals surface area contributed by atoms with Gasteiger partial charge < -0.3 is 42.3 Å². The third-order valence-corrected chi connectivity index (χ3v) is 10.6. The van der Waals surface area contributed by atoms with Crippen LogP contribution in [-0.4, -0.2) is 74.5 Å². The van der Waals surface area contributed by atoms with E-state index in [9.17, 15) is 28.8 Å². The lowest BCUT2D eigenvalue weighted by atomic mass is 9.85. The number of hydrogen-bond acceptors (Lipinski definition) is 11. The predicted molar refractivity (Wildman–Crippen MR) is 238 cm³/mol. The molecule has 322 valence electrons. The fourth-order valence-corrected chi connectivity index (χ4v) is 7.51. The fourth-order valence-electron chi connectivity index (χ4n) is 7.51. The van der Waals surface area contributed by atoms with Crippen LogP contribution in [0.5, 0.6) is 5.75 Å². The van der Waals surface area contributed by atoms with E-state index in [-0.39, 0.29) is 47.6 Å². The molecule has 2 aliphatic rings. The third-order valence-electron chi connectivity index (χ3n) is 10.6. The van der Waals surface area contributed by atoms with Crippen LogP contribution in [0, 0.1) is 17.2 Å². The number of aldehydes is 1. The van der Waals surface area contributed by atoms with Gasteiger partial charge in [-0.1, -0.05) is 61.8 Å². The molecule has 3 amide bonds. The number of methoxy groups -OCH3 is 1. The monoisotopic (exact) mass is 832 g/mol. The van der Waals surface area contributed by atoms with Crippen molar-refractivity contribution in [2.45, 2.75) is 71.6 Å². The number of nitrogens with one attached hydrogen (secondary N) is 5. The summed E-state index contributed by atoms with van der Waals surface area (Å²) in [5.41, 5.74) is 20.0. The first-order chi connectivity index (χ1) is 29.3. The third kappa shape index (κ3) is 12.1. The van der Waals surface area contributed by atoms with E-state index in [0.29, 0.717) is 42.2 Å². The highest BCUT2D eigenvalue weighted by molar-refractivity contribution is 6.29. The Hall–Kier alpha value is -6.86. The second-order valence-corrected chi connectivity index (χ2v) is 14.9. The number of nitrogens with two attached hydrogens (primary N) is 2. The molecule has 0 heterocycles. The molecule has 0 aromatic heterocycles. The molecule has 2 aromatic rings. The number of rotatable bonds is 23. The smallest absolute Gasteiger partial charge is 0.260 e. The molecule has 2 atom stereocenters. The topological polar surface area (TPSA) is 248 Å². The molecule has 0 saturated carbocycles. The highest BCUT2D eigenvalue weighted by Crippen LogP contribution is 2.42. The summed E-state index contributed by atoms with van der Waals surface area (Å²) in [5.74, 6) is -4.03. The van der Waals surface area contributed by atoms with Crippen molar-refractivity contribution in [2.24, 2.45) is 28.3 Å². The number of aliphatic imine (C=N–C) groups is 1. The SMILES string of the molecule is C=C=C(C(=O)NC)/C(=C\C(=N)NC(=O)CN=C(N)CCCCCCCNc1cccc2c1C(=O)C(C(C=O)CCC(N)=O)C2=O)Nc1cccc(C2=C(C)CC=C2C)c1OC. The predicted octanol–water partition coefficient (Wildman–Crippen LogP) is 5.55. The molecule has 4 rings (SSSR count). The van der Waals surface area contributed by atoms with Crippen molar-refractivity contribution in [1.82, 2.24) is 10.6 Å². The number of para-hydroxylation sites is 1. The van der Waals surface area contributed by atoms with Crippen LogP contribution in [0.15, 0.2) is 88.3 Å².